The molecule has 6 heteroatoms. The number of fused-ring (bicyclic) bond motifs is 1. The fourth-order valence-corrected chi connectivity index (χ4v) is 1.44. The van der Waals surface area contributed by atoms with Gasteiger partial charge in [-0.2, -0.15) is 0 Å². The van der Waals surface area contributed by atoms with Crippen molar-refractivity contribution in [3.63, 3.8) is 0 Å². The van der Waals surface area contributed by atoms with Gasteiger partial charge in [0.25, 0.3) is 5.56 Å². The lowest BCUT2D eigenvalue weighted by molar-refractivity contribution is 0.292. The molecule has 100 valence electrons. The number of hydrogen-bond donors (Lipinski definition) is 4. The molecule has 0 aliphatic heterocycles. The maximum atomic E-state index is 11.3. The normalized spacial score (nSPS) is 10.2. The molecule has 2 aromatic rings. The summed E-state index contributed by atoms with van der Waals surface area (Å²) in [6, 6.07) is 0. The Morgan fingerprint density at radius 1 is 1.39 bits per heavy atom. The minimum atomic E-state index is -0.173. The van der Waals surface area contributed by atoms with E-state index < -0.39 is 0 Å². The first-order valence-electron chi connectivity index (χ1n) is 6.09. The van der Waals surface area contributed by atoms with Gasteiger partial charge in [0.05, 0.1) is 18.5 Å². The molecule has 2 aromatic heterocycles. The molecule has 4 N–H and O–H groups in total. The summed E-state index contributed by atoms with van der Waals surface area (Å²) in [5.74, 6) is 0. The first-order valence-corrected chi connectivity index (χ1v) is 6.09. The summed E-state index contributed by atoms with van der Waals surface area (Å²) in [4.78, 5) is 20.8. The Balaban J connectivity index is 0.000000492. The lowest BCUT2D eigenvalue weighted by Gasteiger charge is -1.99. The number of aromatic amines is 2. The number of nitrogens with one attached hydrogen (secondary N) is 3. The van der Waals surface area contributed by atoms with Crippen molar-refractivity contribution in [3.8, 4) is 0 Å². The molecule has 0 atom stereocenters. The van der Waals surface area contributed by atoms with Crippen LogP contribution in [0.4, 0.5) is 0 Å². The minimum absolute atomic E-state index is 0.0936. The SMILES string of the molecule is CCC.O=c1[nH]cnc2c(CNCCO)c[nH]c12. The van der Waals surface area contributed by atoms with Gasteiger partial charge in [-0.1, -0.05) is 20.3 Å². The Morgan fingerprint density at radius 3 is 2.78 bits per heavy atom. The van der Waals surface area contributed by atoms with E-state index in [1.165, 1.54) is 12.7 Å². The van der Waals surface area contributed by atoms with Gasteiger partial charge in [-0.15, -0.1) is 0 Å². The zero-order valence-corrected chi connectivity index (χ0v) is 10.8. The third-order valence-corrected chi connectivity index (χ3v) is 2.15. The van der Waals surface area contributed by atoms with Crippen LogP contribution in [0.2, 0.25) is 0 Å². The highest BCUT2D eigenvalue weighted by Gasteiger charge is 2.06. The van der Waals surface area contributed by atoms with E-state index in [1.54, 1.807) is 6.20 Å². The lowest BCUT2D eigenvalue weighted by atomic mass is 10.3. The van der Waals surface area contributed by atoms with Crippen molar-refractivity contribution in [2.24, 2.45) is 0 Å². The van der Waals surface area contributed by atoms with E-state index in [0.29, 0.717) is 24.1 Å². The standard InChI is InChI=1S/C9H12N4O2.C3H8/c14-2-1-10-3-6-4-11-8-7(6)12-5-13-9(8)15;1-3-2/h4-5,10-11,14H,1-3H2,(H,12,13,15);3H2,1-2H3. The molecule has 0 aliphatic carbocycles. The monoisotopic (exact) mass is 252 g/mol. The van der Waals surface area contributed by atoms with Gasteiger partial charge in [0, 0.05) is 24.8 Å². The van der Waals surface area contributed by atoms with E-state index in [1.807, 2.05) is 0 Å². The third-order valence-electron chi connectivity index (χ3n) is 2.15. The molecule has 0 unspecified atom stereocenters. The van der Waals surface area contributed by atoms with E-state index >= 15 is 0 Å². The van der Waals surface area contributed by atoms with Gasteiger partial charge < -0.3 is 20.4 Å². The fraction of sp³-hybridized carbons (Fsp3) is 0.500. The van der Waals surface area contributed by atoms with Crippen LogP contribution < -0.4 is 10.9 Å². The zero-order valence-electron chi connectivity index (χ0n) is 10.8. The van der Waals surface area contributed by atoms with Crippen molar-refractivity contribution in [2.45, 2.75) is 26.8 Å². The summed E-state index contributed by atoms with van der Waals surface area (Å²) < 4.78 is 0. The molecule has 0 aliphatic rings. The van der Waals surface area contributed by atoms with Crippen molar-refractivity contribution < 1.29 is 5.11 Å². The van der Waals surface area contributed by atoms with Crippen LogP contribution in [0, 0.1) is 0 Å². The number of aromatic nitrogens is 3. The molecule has 2 heterocycles. The van der Waals surface area contributed by atoms with Gasteiger partial charge in [0.1, 0.15) is 5.52 Å². The molecule has 6 nitrogen and oxygen atoms in total. The number of aliphatic hydroxyl groups is 1. The van der Waals surface area contributed by atoms with Crippen molar-refractivity contribution in [2.75, 3.05) is 13.2 Å². The number of aliphatic hydroxyl groups excluding tert-OH is 1. The van der Waals surface area contributed by atoms with Crippen LogP contribution in [-0.2, 0) is 6.54 Å². The predicted octanol–water partition coefficient (Wildman–Crippen LogP) is 0.749. The van der Waals surface area contributed by atoms with E-state index in [0.717, 1.165) is 5.56 Å². The van der Waals surface area contributed by atoms with Gasteiger partial charge in [-0.05, 0) is 0 Å². The van der Waals surface area contributed by atoms with Crippen molar-refractivity contribution in [1.29, 1.82) is 0 Å². The highest BCUT2D eigenvalue weighted by atomic mass is 16.3. The van der Waals surface area contributed by atoms with Gasteiger partial charge >= 0.3 is 0 Å². The largest absolute Gasteiger partial charge is 0.395 e. The molecular weight excluding hydrogens is 232 g/mol. The van der Waals surface area contributed by atoms with E-state index in [9.17, 15) is 4.79 Å². The molecule has 0 bridgehead atoms. The Hall–Kier alpha value is -1.66. The first kappa shape index (κ1) is 14.4. The number of hydrogen-bond acceptors (Lipinski definition) is 4. The van der Waals surface area contributed by atoms with Crippen LogP contribution in [0.1, 0.15) is 25.8 Å². The fourth-order valence-electron chi connectivity index (χ4n) is 1.44. The quantitative estimate of drug-likeness (QED) is 0.604. The average molecular weight is 252 g/mol. The van der Waals surface area contributed by atoms with Gasteiger partial charge in [0.15, 0.2) is 0 Å². The van der Waals surface area contributed by atoms with Crippen molar-refractivity contribution in [3.05, 3.63) is 28.4 Å². The highest BCUT2D eigenvalue weighted by Crippen LogP contribution is 2.10. The lowest BCUT2D eigenvalue weighted by Crippen LogP contribution is -2.17. The van der Waals surface area contributed by atoms with Gasteiger partial charge in [-0.25, -0.2) is 4.98 Å². The molecule has 0 saturated carbocycles. The second-order valence-corrected chi connectivity index (χ2v) is 3.88. The van der Waals surface area contributed by atoms with Crippen LogP contribution in [0.15, 0.2) is 17.3 Å². The summed E-state index contributed by atoms with van der Waals surface area (Å²) in [7, 11) is 0. The van der Waals surface area contributed by atoms with Crippen LogP contribution >= 0.6 is 0 Å². The van der Waals surface area contributed by atoms with Crippen LogP contribution in [-0.4, -0.2) is 33.2 Å². The maximum Gasteiger partial charge on any atom is 0.275 e. The molecule has 0 spiro atoms. The van der Waals surface area contributed by atoms with Crippen LogP contribution in [0.3, 0.4) is 0 Å². The average Bonchev–Trinajstić information content (AvgIpc) is 2.76. The number of nitrogens with zero attached hydrogens (tertiary/aromatic N) is 1. The number of H-pyrrole nitrogens is 2. The maximum absolute atomic E-state index is 11.3. The Kier molecular flexibility index (Phi) is 6.10. The van der Waals surface area contributed by atoms with Gasteiger partial charge in [0.2, 0.25) is 0 Å². The Bertz CT molecular complexity index is 518. The molecular formula is C12H20N4O2. The molecule has 2 rings (SSSR count). The highest BCUT2D eigenvalue weighted by molar-refractivity contribution is 5.77. The third kappa shape index (κ3) is 3.68. The first-order chi connectivity index (χ1) is 8.74. The topological polar surface area (TPSA) is 93.8 Å². The molecule has 0 amide bonds. The molecule has 0 radical (unpaired) electrons. The minimum Gasteiger partial charge on any atom is -0.395 e. The molecule has 0 fully saturated rings. The second kappa shape index (κ2) is 7.62. The number of rotatable bonds is 4. The smallest absolute Gasteiger partial charge is 0.275 e. The predicted molar refractivity (Wildman–Crippen MR) is 71.5 cm³/mol. The molecule has 18 heavy (non-hydrogen) atoms. The van der Waals surface area contributed by atoms with E-state index in [2.05, 4.69) is 34.1 Å². The molecule has 0 saturated heterocycles. The summed E-state index contributed by atoms with van der Waals surface area (Å²) in [5, 5.41) is 11.6. The van der Waals surface area contributed by atoms with Gasteiger partial charge in [-0.3, -0.25) is 4.79 Å². The Labute approximate surface area is 105 Å². The zero-order chi connectivity index (χ0) is 13.4. The van der Waals surface area contributed by atoms with Crippen LogP contribution in [0.25, 0.3) is 11.0 Å². The van der Waals surface area contributed by atoms with Crippen molar-refractivity contribution >= 4 is 11.0 Å². The summed E-state index contributed by atoms with van der Waals surface area (Å²) >= 11 is 0. The summed E-state index contributed by atoms with van der Waals surface area (Å²) in [5.41, 5.74) is 1.90. The van der Waals surface area contributed by atoms with Crippen LogP contribution in [0.5, 0.6) is 0 Å². The van der Waals surface area contributed by atoms with E-state index in [-0.39, 0.29) is 12.2 Å². The second-order valence-electron chi connectivity index (χ2n) is 3.88. The van der Waals surface area contributed by atoms with E-state index in [4.69, 9.17) is 5.11 Å². The Morgan fingerprint density at radius 2 is 2.11 bits per heavy atom. The summed E-state index contributed by atoms with van der Waals surface area (Å²) in [6.45, 7) is 5.45. The van der Waals surface area contributed by atoms with Crippen molar-refractivity contribution in [1.82, 2.24) is 20.3 Å². The summed E-state index contributed by atoms with van der Waals surface area (Å²) in [6.07, 6.45) is 4.38. The molecule has 0 aromatic carbocycles.